The third-order valence-corrected chi connectivity index (χ3v) is 3.93. The van der Waals surface area contributed by atoms with E-state index < -0.39 is 0 Å². The van der Waals surface area contributed by atoms with Crippen molar-refractivity contribution in [3.63, 3.8) is 0 Å². The summed E-state index contributed by atoms with van der Waals surface area (Å²) in [4.78, 5) is 4.02. The molecule has 2 heterocycles. The van der Waals surface area contributed by atoms with Crippen LogP contribution in [0.2, 0.25) is 5.02 Å². The van der Waals surface area contributed by atoms with Crippen molar-refractivity contribution in [1.29, 1.82) is 0 Å². The topological polar surface area (TPSA) is 64.1 Å². The van der Waals surface area contributed by atoms with Crippen LogP contribution in [-0.2, 0) is 0 Å². The first-order valence-electron chi connectivity index (χ1n) is 7.03. The van der Waals surface area contributed by atoms with Crippen LogP contribution >= 0.6 is 11.6 Å². The summed E-state index contributed by atoms with van der Waals surface area (Å²) in [6.45, 7) is 0. The van der Waals surface area contributed by atoms with Gasteiger partial charge in [0.05, 0.1) is 0 Å². The zero-order valence-corrected chi connectivity index (χ0v) is 12.7. The molecule has 0 aliphatic heterocycles. The number of nitrogens with zero attached hydrogens (tertiary/aromatic N) is 3. The fourth-order valence-electron chi connectivity index (χ4n) is 2.62. The summed E-state index contributed by atoms with van der Waals surface area (Å²) in [7, 11) is 0. The molecule has 1 N–H and O–H groups in total. The Labute approximate surface area is 136 Å². The molecule has 1 unspecified atom stereocenters. The summed E-state index contributed by atoms with van der Waals surface area (Å²) < 4.78 is 7.66. The Balaban J connectivity index is 1.88. The number of hydrogen-bond donors (Lipinski definition) is 1. The number of phenols is 1. The molecule has 4 aromatic rings. The highest BCUT2D eigenvalue weighted by Crippen LogP contribution is 2.32. The molecule has 0 bridgehead atoms. The second-order valence-corrected chi connectivity index (χ2v) is 5.64. The normalized spacial score (nSPS) is 12.6. The fourth-order valence-corrected chi connectivity index (χ4v) is 2.74. The Morgan fingerprint density at radius 3 is 2.65 bits per heavy atom. The van der Waals surface area contributed by atoms with Crippen molar-refractivity contribution in [2.45, 2.75) is 6.04 Å². The average Bonchev–Trinajstić information content (AvgIpc) is 3.19. The molecule has 0 amide bonds. The molecule has 114 valence electrons. The Morgan fingerprint density at radius 1 is 1.09 bits per heavy atom. The van der Waals surface area contributed by atoms with E-state index in [4.69, 9.17) is 16.0 Å². The predicted octanol–water partition coefficient (Wildman–Crippen LogP) is 4.02. The molecule has 0 radical (unpaired) electrons. The maximum Gasteiger partial charge on any atom is 0.138 e. The number of benzene rings is 2. The zero-order chi connectivity index (χ0) is 15.8. The van der Waals surface area contributed by atoms with Crippen LogP contribution in [0.3, 0.4) is 0 Å². The Bertz CT molecular complexity index is 946. The summed E-state index contributed by atoms with van der Waals surface area (Å²) in [6, 6.07) is 14.2. The van der Waals surface area contributed by atoms with Gasteiger partial charge in [0.25, 0.3) is 0 Å². The molecule has 0 aliphatic rings. The number of phenolic OH excluding ortho intramolecular Hbond substituents is 1. The number of furan rings is 1. The van der Waals surface area contributed by atoms with Gasteiger partial charge in [0.1, 0.15) is 35.8 Å². The maximum absolute atomic E-state index is 9.61. The van der Waals surface area contributed by atoms with E-state index >= 15 is 0 Å². The molecule has 23 heavy (non-hydrogen) atoms. The van der Waals surface area contributed by atoms with Gasteiger partial charge in [-0.3, -0.25) is 0 Å². The summed E-state index contributed by atoms with van der Waals surface area (Å²) in [6.07, 6.45) is 3.13. The van der Waals surface area contributed by atoms with Gasteiger partial charge in [-0.25, -0.2) is 9.67 Å². The van der Waals surface area contributed by atoms with Crippen molar-refractivity contribution in [2.75, 3.05) is 0 Å². The van der Waals surface area contributed by atoms with Gasteiger partial charge in [0.15, 0.2) is 0 Å². The SMILES string of the molecule is Oc1ccc2cc(C(c3ccc(Cl)cc3)n3cncn3)oc2c1. The number of fused-ring (bicyclic) bond motifs is 1. The highest BCUT2D eigenvalue weighted by Gasteiger charge is 2.21. The van der Waals surface area contributed by atoms with E-state index in [9.17, 15) is 5.11 Å². The molecular formula is C17H12ClN3O2. The quantitative estimate of drug-likeness (QED) is 0.618. The van der Waals surface area contributed by atoms with E-state index in [1.807, 2.05) is 36.4 Å². The smallest absolute Gasteiger partial charge is 0.138 e. The molecule has 6 heteroatoms. The summed E-state index contributed by atoms with van der Waals surface area (Å²) in [5, 5.41) is 15.4. The van der Waals surface area contributed by atoms with Gasteiger partial charge >= 0.3 is 0 Å². The number of halogens is 1. The van der Waals surface area contributed by atoms with Crippen LogP contribution in [0.4, 0.5) is 0 Å². The van der Waals surface area contributed by atoms with Crippen LogP contribution < -0.4 is 0 Å². The number of hydrogen-bond acceptors (Lipinski definition) is 4. The van der Waals surface area contributed by atoms with Crippen molar-refractivity contribution < 1.29 is 9.52 Å². The average molecular weight is 326 g/mol. The molecule has 2 aromatic carbocycles. The molecule has 0 aliphatic carbocycles. The molecule has 0 fully saturated rings. The van der Waals surface area contributed by atoms with Crippen LogP contribution in [0.1, 0.15) is 17.4 Å². The van der Waals surface area contributed by atoms with Gasteiger partial charge in [-0.15, -0.1) is 0 Å². The van der Waals surface area contributed by atoms with Gasteiger partial charge in [-0.05, 0) is 35.9 Å². The second kappa shape index (κ2) is 5.44. The fraction of sp³-hybridized carbons (Fsp3) is 0.0588. The van der Waals surface area contributed by atoms with Crippen LogP contribution in [0, 0.1) is 0 Å². The third kappa shape index (κ3) is 2.55. The second-order valence-electron chi connectivity index (χ2n) is 5.20. The lowest BCUT2D eigenvalue weighted by atomic mass is 10.0. The van der Waals surface area contributed by atoms with Gasteiger partial charge in [-0.1, -0.05) is 23.7 Å². The first-order chi connectivity index (χ1) is 11.2. The van der Waals surface area contributed by atoms with E-state index in [1.165, 1.54) is 6.33 Å². The lowest BCUT2D eigenvalue weighted by Crippen LogP contribution is -2.12. The molecule has 0 saturated heterocycles. The Kier molecular flexibility index (Phi) is 3.28. The van der Waals surface area contributed by atoms with Crippen molar-refractivity contribution >= 4 is 22.6 Å². The summed E-state index contributed by atoms with van der Waals surface area (Å²) in [5.41, 5.74) is 1.60. The molecule has 0 spiro atoms. The standard InChI is InChI=1S/C17H12ClN3O2/c18-13-4-1-11(2-5-13)17(21-10-19-9-20-21)16-7-12-3-6-14(22)8-15(12)23-16/h1-10,17,22H. The molecule has 0 saturated carbocycles. The van der Waals surface area contributed by atoms with Crippen LogP contribution in [0.5, 0.6) is 5.75 Å². The summed E-state index contributed by atoms with van der Waals surface area (Å²) >= 11 is 5.98. The molecule has 1 atom stereocenters. The zero-order valence-electron chi connectivity index (χ0n) is 11.9. The lowest BCUT2D eigenvalue weighted by molar-refractivity contribution is 0.457. The lowest BCUT2D eigenvalue weighted by Gasteiger charge is -2.15. The van der Waals surface area contributed by atoms with E-state index in [1.54, 1.807) is 23.1 Å². The van der Waals surface area contributed by atoms with E-state index in [0.717, 1.165) is 10.9 Å². The van der Waals surface area contributed by atoms with Crippen LogP contribution in [-0.4, -0.2) is 19.9 Å². The van der Waals surface area contributed by atoms with Crippen LogP contribution in [0.25, 0.3) is 11.0 Å². The van der Waals surface area contributed by atoms with Crippen molar-refractivity contribution in [1.82, 2.24) is 14.8 Å². The highest BCUT2D eigenvalue weighted by molar-refractivity contribution is 6.30. The largest absolute Gasteiger partial charge is 0.508 e. The minimum absolute atomic E-state index is 0.169. The van der Waals surface area contributed by atoms with Crippen molar-refractivity contribution in [3.05, 3.63) is 77.5 Å². The highest BCUT2D eigenvalue weighted by atomic mass is 35.5. The van der Waals surface area contributed by atoms with Gasteiger partial charge < -0.3 is 9.52 Å². The Hall–Kier alpha value is -2.79. The van der Waals surface area contributed by atoms with Crippen molar-refractivity contribution in [3.8, 4) is 5.75 Å². The van der Waals surface area contributed by atoms with Crippen LogP contribution in [0.15, 0.2) is 65.6 Å². The van der Waals surface area contributed by atoms with E-state index in [0.29, 0.717) is 16.4 Å². The first-order valence-corrected chi connectivity index (χ1v) is 7.40. The van der Waals surface area contributed by atoms with Gasteiger partial charge in [0, 0.05) is 16.5 Å². The van der Waals surface area contributed by atoms with E-state index in [2.05, 4.69) is 10.1 Å². The Morgan fingerprint density at radius 2 is 1.91 bits per heavy atom. The summed E-state index contributed by atoms with van der Waals surface area (Å²) in [5.74, 6) is 0.876. The monoisotopic (exact) mass is 325 g/mol. The number of aromatic nitrogens is 3. The third-order valence-electron chi connectivity index (χ3n) is 3.68. The van der Waals surface area contributed by atoms with Gasteiger partial charge in [-0.2, -0.15) is 5.10 Å². The predicted molar refractivity (Wildman–Crippen MR) is 86.6 cm³/mol. The van der Waals surface area contributed by atoms with Gasteiger partial charge in [0.2, 0.25) is 0 Å². The van der Waals surface area contributed by atoms with E-state index in [-0.39, 0.29) is 11.8 Å². The number of rotatable bonds is 3. The maximum atomic E-state index is 9.61. The molecular weight excluding hydrogens is 314 g/mol. The number of aromatic hydroxyl groups is 1. The first kappa shape index (κ1) is 13.8. The minimum atomic E-state index is -0.260. The van der Waals surface area contributed by atoms with Crippen molar-refractivity contribution in [2.24, 2.45) is 0 Å². The molecule has 4 rings (SSSR count). The molecule has 2 aromatic heterocycles. The molecule has 5 nitrogen and oxygen atoms in total. The minimum Gasteiger partial charge on any atom is -0.508 e.